The molecule has 168 valence electrons. The van der Waals surface area contributed by atoms with Gasteiger partial charge < -0.3 is 4.74 Å². The summed E-state index contributed by atoms with van der Waals surface area (Å²) in [6.07, 6.45) is 0.741. The van der Waals surface area contributed by atoms with E-state index < -0.39 is 0 Å². The lowest BCUT2D eigenvalue weighted by molar-refractivity contribution is 0.141. The first-order chi connectivity index (χ1) is 16.2. The lowest BCUT2D eigenvalue weighted by atomic mass is 10.1. The summed E-state index contributed by atoms with van der Waals surface area (Å²) in [5.74, 6) is 0.573. The maximum absolute atomic E-state index is 13.2. The number of aromatic nitrogens is 4. The number of thioether (sulfide) groups is 1. The zero-order valence-corrected chi connectivity index (χ0v) is 19.6. The average Bonchev–Trinajstić information content (AvgIpc) is 3.26. The highest BCUT2D eigenvalue weighted by Gasteiger charge is 2.19. The van der Waals surface area contributed by atoms with E-state index in [4.69, 9.17) is 4.74 Å². The van der Waals surface area contributed by atoms with Gasteiger partial charge in [-0.25, -0.2) is 0 Å². The van der Waals surface area contributed by atoms with E-state index in [0.29, 0.717) is 30.9 Å². The molecule has 0 aliphatic heterocycles. The van der Waals surface area contributed by atoms with Gasteiger partial charge in [-0.15, -0.1) is 10.2 Å². The number of para-hydroxylation sites is 1. The van der Waals surface area contributed by atoms with Crippen LogP contribution in [0.3, 0.4) is 0 Å². The average molecular weight is 459 g/mol. The molecule has 7 heteroatoms. The third kappa shape index (κ3) is 4.14. The third-order valence-electron chi connectivity index (χ3n) is 5.88. The van der Waals surface area contributed by atoms with Crippen molar-refractivity contribution in [1.82, 2.24) is 19.2 Å². The Bertz CT molecular complexity index is 1490. The van der Waals surface area contributed by atoms with Crippen molar-refractivity contribution in [2.45, 2.75) is 37.2 Å². The number of fused-ring (bicyclic) bond motifs is 4. The molecule has 0 amide bonds. The molecule has 1 unspecified atom stereocenters. The van der Waals surface area contributed by atoms with E-state index in [9.17, 15) is 4.79 Å². The first kappa shape index (κ1) is 21.7. The Morgan fingerprint density at radius 2 is 1.79 bits per heavy atom. The highest BCUT2D eigenvalue weighted by atomic mass is 32.2. The highest BCUT2D eigenvalue weighted by molar-refractivity contribution is 7.99. The molecule has 0 aliphatic rings. The first-order valence-corrected chi connectivity index (χ1v) is 12.1. The van der Waals surface area contributed by atoms with Crippen molar-refractivity contribution in [2.24, 2.45) is 0 Å². The van der Waals surface area contributed by atoms with Crippen LogP contribution < -0.4 is 5.56 Å². The molecule has 0 fully saturated rings. The van der Waals surface area contributed by atoms with E-state index in [2.05, 4.69) is 59.6 Å². The van der Waals surface area contributed by atoms with Crippen LogP contribution in [0.15, 0.2) is 76.7 Å². The van der Waals surface area contributed by atoms with Gasteiger partial charge in [-0.2, -0.15) is 0 Å². The van der Waals surface area contributed by atoms with Gasteiger partial charge in [-0.1, -0.05) is 66.4 Å². The Balaban J connectivity index is 1.55. The number of aryl methyl sites for hydroxylation is 1. The summed E-state index contributed by atoms with van der Waals surface area (Å²) in [6, 6.07) is 22.6. The van der Waals surface area contributed by atoms with Crippen LogP contribution in [0, 0.1) is 0 Å². The van der Waals surface area contributed by atoms with E-state index in [1.165, 1.54) is 16.3 Å². The normalized spacial score (nSPS) is 12.7. The van der Waals surface area contributed by atoms with Gasteiger partial charge in [0.05, 0.1) is 10.9 Å². The number of ether oxygens (including phenoxy) is 1. The Hall–Kier alpha value is -3.16. The second-order valence-electron chi connectivity index (χ2n) is 8.01. The van der Waals surface area contributed by atoms with Crippen LogP contribution in [-0.2, 0) is 11.3 Å². The molecule has 2 aromatic heterocycles. The Morgan fingerprint density at radius 3 is 2.64 bits per heavy atom. The standard InChI is InChI=1S/C26H26N4O2S/c1-3-32-16-8-15-29-24(31)22-11-6-7-12-23(22)30-25(29)27-28-26(30)33-18(2)20-14-13-19-9-4-5-10-21(19)17-20/h4-7,9-14,17-18H,3,8,15-16H2,1-2H3. The minimum absolute atomic E-state index is 0.0406. The molecule has 5 rings (SSSR count). The van der Waals surface area contributed by atoms with Crippen molar-refractivity contribution < 1.29 is 4.74 Å². The largest absolute Gasteiger partial charge is 0.382 e. The van der Waals surface area contributed by atoms with Gasteiger partial charge in [-0.05, 0) is 48.7 Å². The molecule has 0 aliphatic carbocycles. The summed E-state index contributed by atoms with van der Waals surface area (Å²) < 4.78 is 9.20. The lowest BCUT2D eigenvalue weighted by Gasteiger charge is -2.14. The summed E-state index contributed by atoms with van der Waals surface area (Å²) in [7, 11) is 0. The molecule has 1 atom stereocenters. The fourth-order valence-corrected chi connectivity index (χ4v) is 5.14. The first-order valence-electron chi connectivity index (χ1n) is 11.3. The molecular formula is C26H26N4O2S. The van der Waals surface area contributed by atoms with Crippen molar-refractivity contribution in [3.63, 3.8) is 0 Å². The zero-order valence-electron chi connectivity index (χ0n) is 18.8. The summed E-state index contributed by atoms with van der Waals surface area (Å²) in [5.41, 5.74) is 2.02. The minimum atomic E-state index is -0.0406. The van der Waals surface area contributed by atoms with Crippen LogP contribution in [-0.4, -0.2) is 32.4 Å². The molecule has 2 heterocycles. The number of hydrogen-bond donors (Lipinski definition) is 0. The van der Waals surface area contributed by atoms with Crippen molar-refractivity contribution in [3.8, 4) is 0 Å². The molecule has 3 aromatic carbocycles. The van der Waals surface area contributed by atoms with Crippen molar-refractivity contribution in [1.29, 1.82) is 0 Å². The summed E-state index contributed by atoms with van der Waals surface area (Å²) in [4.78, 5) is 13.2. The predicted molar refractivity (Wildman–Crippen MR) is 134 cm³/mol. The van der Waals surface area contributed by atoms with Crippen LogP contribution in [0.4, 0.5) is 0 Å². The minimum Gasteiger partial charge on any atom is -0.382 e. The fraction of sp³-hybridized carbons (Fsp3) is 0.269. The van der Waals surface area contributed by atoms with Gasteiger partial charge in [-0.3, -0.25) is 13.8 Å². The maximum atomic E-state index is 13.2. The van der Waals surface area contributed by atoms with Crippen LogP contribution >= 0.6 is 11.8 Å². The lowest BCUT2D eigenvalue weighted by Crippen LogP contribution is -2.24. The molecule has 0 saturated heterocycles. The fourth-order valence-electron chi connectivity index (χ4n) is 4.17. The van der Waals surface area contributed by atoms with Gasteiger partial charge in [0.25, 0.3) is 5.56 Å². The highest BCUT2D eigenvalue weighted by Crippen LogP contribution is 2.35. The SMILES string of the molecule is CCOCCCn1c(=O)c2ccccc2n2c(SC(C)c3ccc4ccccc4c3)nnc12. The van der Waals surface area contributed by atoms with Crippen LogP contribution in [0.5, 0.6) is 0 Å². The van der Waals surface area contributed by atoms with Crippen LogP contribution in [0.2, 0.25) is 0 Å². The molecule has 0 N–H and O–H groups in total. The monoisotopic (exact) mass is 458 g/mol. The topological polar surface area (TPSA) is 61.4 Å². The maximum Gasteiger partial charge on any atom is 0.262 e. The molecule has 0 spiro atoms. The van der Waals surface area contributed by atoms with E-state index >= 15 is 0 Å². The van der Waals surface area contributed by atoms with Gasteiger partial charge in [0.2, 0.25) is 5.78 Å². The Morgan fingerprint density at radius 1 is 1.00 bits per heavy atom. The van der Waals surface area contributed by atoms with E-state index in [1.54, 1.807) is 16.3 Å². The van der Waals surface area contributed by atoms with E-state index in [-0.39, 0.29) is 10.8 Å². The van der Waals surface area contributed by atoms with Crippen molar-refractivity contribution in [3.05, 3.63) is 82.6 Å². The Labute approximate surface area is 196 Å². The smallest absolute Gasteiger partial charge is 0.262 e. The van der Waals surface area contributed by atoms with Crippen LogP contribution in [0.25, 0.3) is 27.5 Å². The number of rotatable bonds is 8. The molecular weight excluding hydrogens is 432 g/mol. The molecule has 5 aromatic rings. The van der Waals surface area contributed by atoms with Crippen molar-refractivity contribution in [2.75, 3.05) is 13.2 Å². The molecule has 6 nitrogen and oxygen atoms in total. The quantitative estimate of drug-likeness (QED) is 0.228. The van der Waals surface area contributed by atoms with Crippen LogP contribution in [0.1, 0.15) is 31.1 Å². The van der Waals surface area contributed by atoms with Gasteiger partial charge in [0, 0.05) is 25.0 Å². The van der Waals surface area contributed by atoms with Crippen molar-refractivity contribution >= 4 is 39.2 Å². The molecule has 0 radical (unpaired) electrons. The molecule has 33 heavy (non-hydrogen) atoms. The van der Waals surface area contributed by atoms with Gasteiger partial charge in [0.15, 0.2) is 5.16 Å². The summed E-state index contributed by atoms with van der Waals surface area (Å²) in [6.45, 7) is 5.96. The molecule has 0 bridgehead atoms. The van der Waals surface area contributed by atoms with E-state index in [0.717, 1.165) is 17.1 Å². The number of nitrogens with zero attached hydrogens (tertiary/aromatic N) is 4. The predicted octanol–water partition coefficient (Wildman–Crippen LogP) is 5.48. The Kier molecular flexibility index (Phi) is 6.15. The van der Waals surface area contributed by atoms with Gasteiger partial charge >= 0.3 is 0 Å². The second kappa shape index (κ2) is 9.37. The summed E-state index contributed by atoms with van der Waals surface area (Å²) >= 11 is 1.65. The van der Waals surface area contributed by atoms with E-state index in [1.807, 2.05) is 35.6 Å². The summed E-state index contributed by atoms with van der Waals surface area (Å²) in [5, 5.41) is 13.0. The zero-order chi connectivity index (χ0) is 22.8. The molecule has 0 saturated carbocycles. The third-order valence-corrected chi connectivity index (χ3v) is 6.98. The second-order valence-corrected chi connectivity index (χ2v) is 9.32. The number of hydrogen-bond acceptors (Lipinski definition) is 5. The van der Waals surface area contributed by atoms with Gasteiger partial charge in [0.1, 0.15) is 0 Å². The number of benzene rings is 3.